The highest BCUT2D eigenvalue weighted by atomic mass is 16.4. The molecule has 1 heterocycles. The van der Waals surface area contributed by atoms with Crippen molar-refractivity contribution in [3.05, 3.63) is 0 Å². The van der Waals surface area contributed by atoms with Crippen LogP contribution in [0.5, 0.6) is 0 Å². The van der Waals surface area contributed by atoms with Crippen LogP contribution in [0.4, 0.5) is 0 Å². The molecule has 1 saturated heterocycles. The molecule has 7 heteroatoms. The molecule has 0 saturated carbocycles. The van der Waals surface area contributed by atoms with Crippen molar-refractivity contribution in [1.29, 1.82) is 0 Å². The molecule has 2 atom stereocenters. The summed E-state index contributed by atoms with van der Waals surface area (Å²) in [6.07, 6.45) is 2.23. The summed E-state index contributed by atoms with van der Waals surface area (Å²) < 4.78 is 0. The monoisotopic (exact) mass is 288 g/mol. The van der Waals surface area contributed by atoms with Crippen LogP contribution in [0.3, 0.4) is 0 Å². The molecule has 1 aliphatic rings. The number of carboxylic acid groups (broad SMARTS) is 2. The zero-order chi connectivity index (χ0) is 15.7. The molecular weight excluding hydrogens is 264 g/mol. The lowest BCUT2D eigenvalue weighted by atomic mass is 10.0. The number of hydrogen-bond donors (Lipinski definition) is 4. The van der Waals surface area contributed by atoms with Crippen molar-refractivity contribution in [1.82, 2.24) is 10.6 Å². The van der Waals surface area contributed by atoms with Crippen LogP contribution in [0.2, 0.25) is 0 Å². The van der Waals surface area contributed by atoms with Gasteiger partial charge in [-0.3, -0.25) is 9.59 Å². The number of rotatable bonds is 5. The number of carboxylic acids is 2. The van der Waals surface area contributed by atoms with Gasteiger partial charge in [0.25, 0.3) is 5.97 Å². The number of hydrogen-bond acceptors (Lipinski definition) is 4. The van der Waals surface area contributed by atoms with Gasteiger partial charge in [0.05, 0.1) is 6.04 Å². The first-order valence-electron chi connectivity index (χ1n) is 6.70. The zero-order valence-corrected chi connectivity index (χ0v) is 12.2. The van der Waals surface area contributed by atoms with Gasteiger partial charge in [-0.1, -0.05) is 13.8 Å². The minimum absolute atomic E-state index is 0.189. The van der Waals surface area contributed by atoms with Crippen LogP contribution in [0, 0.1) is 5.92 Å². The fourth-order valence-corrected chi connectivity index (χ4v) is 1.87. The van der Waals surface area contributed by atoms with Gasteiger partial charge in [-0.15, -0.1) is 0 Å². The Balaban J connectivity index is 0.000000796. The van der Waals surface area contributed by atoms with Gasteiger partial charge in [0.15, 0.2) is 0 Å². The summed E-state index contributed by atoms with van der Waals surface area (Å²) in [7, 11) is 0. The molecule has 4 N–H and O–H groups in total. The molecule has 1 rings (SSSR count). The Bertz CT molecular complexity index is 334. The number of nitrogens with one attached hydrogen (secondary N) is 2. The van der Waals surface area contributed by atoms with Gasteiger partial charge >= 0.3 is 5.97 Å². The molecule has 0 aromatic rings. The number of carbonyl (C=O) groups excluding carboxylic acids is 1. The van der Waals surface area contributed by atoms with Crippen LogP contribution in [-0.2, 0) is 14.4 Å². The molecule has 0 aromatic heterocycles. The molecule has 1 fully saturated rings. The van der Waals surface area contributed by atoms with E-state index in [4.69, 9.17) is 15.0 Å². The van der Waals surface area contributed by atoms with Crippen molar-refractivity contribution in [3.63, 3.8) is 0 Å². The van der Waals surface area contributed by atoms with Gasteiger partial charge in [-0.25, -0.2) is 4.79 Å². The van der Waals surface area contributed by atoms with E-state index in [-0.39, 0.29) is 17.9 Å². The third-order valence-corrected chi connectivity index (χ3v) is 2.70. The van der Waals surface area contributed by atoms with E-state index in [1.54, 1.807) is 0 Å². The van der Waals surface area contributed by atoms with Crippen molar-refractivity contribution in [2.45, 2.75) is 52.1 Å². The summed E-state index contributed by atoms with van der Waals surface area (Å²) in [4.78, 5) is 31.7. The zero-order valence-electron chi connectivity index (χ0n) is 12.2. The SMILES string of the molecule is CC(=O)O.CC(C)C[C@H](NC(=O)[C@@H]1CCCN1)C(=O)O. The predicted molar refractivity (Wildman–Crippen MR) is 73.4 cm³/mol. The number of amides is 1. The maximum atomic E-state index is 11.7. The van der Waals surface area contributed by atoms with E-state index in [2.05, 4.69) is 10.6 Å². The Morgan fingerprint density at radius 3 is 2.20 bits per heavy atom. The third kappa shape index (κ3) is 8.47. The summed E-state index contributed by atoms with van der Waals surface area (Å²) >= 11 is 0. The van der Waals surface area contributed by atoms with Crippen molar-refractivity contribution in [2.75, 3.05) is 6.54 Å². The average molecular weight is 288 g/mol. The van der Waals surface area contributed by atoms with Crippen molar-refractivity contribution >= 4 is 17.8 Å². The van der Waals surface area contributed by atoms with Crippen LogP contribution >= 0.6 is 0 Å². The van der Waals surface area contributed by atoms with E-state index in [1.807, 2.05) is 13.8 Å². The smallest absolute Gasteiger partial charge is 0.326 e. The minimum atomic E-state index is -0.958. The molecular formula is C13H24N2O5. The average Bonchev–Trinajstić information content (AvgIpc) is 2.79. The van der Waals surface area contributed by atoms with Crippen LogP contribution in [0.25, 0.3) is 0 Å². The van der Waals surface area contributed by atoms with E-state index in [0.29, 0.717) is 6.42 Å². The minimum Gasteiger partial charge on any atom is -0.481 e. The van der Waals surface area contributed by atoms with E-state index < -0.39 is 18.0 Å². The van der Waals surface area contributed by atoms with E-state index in [9.17, 15) is 9.59 Å². The number of aliphatic carboxylic acids is 2. The quantitative estimate of drug-likeness (QED) is 0.583. The molecule has 0 unspecified atom stereocenters. The topological polar surface area (TPSA) is 116 Å². The maximum Gasteiger partial charge on any atom is 0.326 e. The molecule has 1 amide bonds. The molecule has 116 valence electrons. The van der Waals surface area contributed by atoms with E-state index in [0.717, 1.165) is 26.3 Å². The lowest BCUT2D eigenvalue weighted by molar-refractivity contribution is -0.142. The van der Waals surface area contributed by atoms with Crippen molar-refractivity contribution in [3.8, 4) is 0 Å². The summed E-state index contributed by atoms with van der Waals surface area (Å²) in [5.41, 5.74) is 0. The van der Waals surface area contributed by atoms with Gasteiger partial charge in [0.2, 0.25) is 5.91 Å². The second-order valence-electron chi connectivity index (χ2n) is 5.20. The van der Waals surface area contributed by atoms with Crippen molar-refractivity contribution < 1.29 is 24.6 Å². The van der Waals surface area contributed by atoms with Crippen LogP contribution in [0.1, 0.15) is 40.0 Å². The molecule has 0 aliphatic carbocycles. The molecule has 1 aliphatic heterocycles. The highest BCUT2D eigenvalue weighted by Crippen LogP contribution is 2.08. The predicted octanol–water partition coefficient (Wildman–Crippen LogP) is 0.445. The highest BCUT2D eigenvalue weighted by Gasteiger charge is 2.27. The fourth-order valence-electron chi connectivity index (χ4n) is 1.87. The second kappa shape index (κ2) is 9.30. The first kappa shape index (κ1) is 18.4. The molecule has 0 spiro atoms. The first-order valence-corrected chi connectivity index (χ1v) is 6.70. The Morgan fingerprint density at radius 1 is 1.30 bits per heavy atom. The first-order chi connectivity index (χ1) is 9.23. The maximum absolute atomic E-state index is 11.7. The summed E-state index contributed by atoms with van der Waals surface area (Å²) in [5.74, 6) is -1.73. The standard InChI is InChI=1S/C11H20N2O3.C2H4O2/c1-7(2)6-9(11(15)16)13-10(14)8-4-3-5-12-8;1-2(3)4/h7-9,12H,3-6H2,1-2H3,(H,13,14)(H,15,16);1H3,(H,3,4)/t8-,9-;/m0./s1. The third-order valence-electron chi connectivity index (χ3n) is 2.70. The molecule has 7 nitrogen and oxygen atoms in total. The Kier molecular flexibility index (Phi) is 8.54. The Labute approximate surface area is 118 Å². The van der Waals surface area contributed by atoms with E-state index in [1.165, 1.54) is 0 Å². The highest BCUT2D eigenvalue weighted by molar-refractivity contribution is 5.87. The lowest BCUT2D eigenvalue weighted by Gasteiger charge is -2.18. The Hall–Kier alpha value is -1.63. The Morgan fingerprint density at radius 2 is 1.85 bits per heavy atom. The van der Waals surface area contributed by atoms with Crippen LogP contribution in [0.15, 0.2) is 0 Å². The van der Waals surface area contributed by atoms with Gasteiger partial charge in [-0.2, -0.15) is 0 Å². The van der Waals surface area contributed by atoms with Gasteiger partial charge in [0, 0.05) is 6.92 Å². The second-order valence-corrected chi connectivity index (χ2v) is 5.20. The number of carbonyl (C=O) groups is 3. The van der Waals surface area contributed by atoms with E-state index >= 15 is 0 Å². The van der Waals surface area contributed by atoms with Crippen LogP contribution < -0.4 is 10.6 Å². The van der Waals surface area contributed by atoms with Gasteiger partial charge in [-0.05, 0) is 31.7 Å². The van der Waals surface area contributed by atoms with Gasteiger partial charge < -0.3 is 20.8 Å². The largest absolute Gasteiger partial charge is 0.481 e. The normalized spacial score (nSPS) is 18.9. The molecule has 0 bridgehead atoms. The molecule has 0 aromatic carbocycles. The summed E-state index contributed by atoms with van der Waals surface area (Å²) in [6, 6.07) is -0.982. The summed E-state index contributed by atoms with van der Waals surface area (Å²) in [5, 5.41) is 22.0. The molecule has 0 radical (unpaired) electrons. The molecule has 20 heavy (non-hydrogen) atoms. The summed E-state index contributed by atoms with van der Waals surface area (Å²) in [6.45, 7) is 5.80. The van der Waals surface area contributed by atoms with Gasteiger partial charge in [0.1, 0.15) is 6.04 Å². The van der Waals surface area contributed by atoms with Crippen molar-refractivity contribution in [2.24, 2.45) is 5.92 Å². The van der Waals surface area contributed by atoms with Crippen LogP contribution in [-0.4, -0.2) is 46.7 Å². The lowest BCUT2D eigenvalue weighted by Crippen LogP contribution is -2.48. The fraction of sp³-hybridized carbons (Fsp3) is 0.769.